The van der Waals surface area contributed by atoms with Crippen LogP contribution in [0.2, 0.25) is 0 Å². The van der Waals surface area contributed by atoms with Crippen LogP contribution in [0.25, 0.3) is 5.32 Å². The number of hydrogen-bond acceptors (Lipinski definition) is 3. The first kappa shape index (κ1) is 31.6. The van der Waals surface area contributed by atoms with Crippen LogP contribution >= 0.6 is 0 Å². The molecule has 0 spiro atoms. The molecule has 0 saturated carbocycles. The van der Waals surface area contributed by atoms with E-state index >= 15 is 0 Å². The Balaban J connectivity index is 0.000000584. The number of hydrogen-bond donors (Lipinski definition) is 0. The maximum absolute atomic E-state index is 12.0. The van der Waals surface area contributed by atoms with Crippen molar-refractivity contribution in [3.05, 3.63) is 5.32 Å². The summed E-state index contributed by atoms with van der Waals surface area (Å²) in [6, 6.07) is 2.07. The zero-order valence-electron chi connectivity index (χ0n) is 22.0. The van der Waals surface area contributed by atoms with Crippen molar-refractivity contribution in [1.29, 1.82) is 0 Å². The van der Waals surface area contributed by atoms with E-state index in [0.29, 0.717) is 18.1 Å². The second-order valence-electron chi connectivity index (χ2n) is 9.64. The van der Waals surface area contributed by atoms with Gasteiger partial charge in [0.25, 0.3) is 0 Å². The van der Waals surface area contributed by atoms with Gasteiger partial charge in [-0.1, -0.05) is 12.8 Å². The van der Waals surface area contributed by atoms with Crippen molar-refractivity contribution < 1.29 is 42.3 Å². The van der Waals surface area contributed by atoms with Gasteiger partial charge in [-0.3, -0.25) is 4.90 Å². The molecule has 1 atom stereocenters. The monoisotopic (exact) mass is 528 g/mol. The molecule has 185 valence electrons. The van der Waals surface area contributed by atoms with E-state index in [-0.39, 0.29) is 50.8 Å². The molecule has 8 nitrogen and oxygen atoms in total. The van der Waals surface area contributed by atoms with Crippen molar-refractivity contribution >= 4 is 12.1 Å². The molecule has 1 unspecified atom stereocenters. The predicted molar refractivity (Wildman–Crippen MR) is 129 cm³/mol. The summed E-state index contributed by atoms with van der Waals surface area (Å²) in [5, 5.41) is 4.27. The Labute approximate surface area is 222 Å². The van der Waals surface area contributed by atoms with E-state index in [9.17, 15) is 9.59 Å². The summed E-state index contributed by atoms with van der Waals surface area (Å²) in [6.45, 7) is 11.9. The van der Waals surface area contributed by atoms with E-state index < -0.39 is 0 Å². The number of nitrogens with zero attached hydrogens (tertiary/aromatic N) is 6. The average Bonchev–Trinajstić information content (AvgIpc) is 2.77. The summed E-state index contributed by atoms with van der Waals surface area (Å²) in [5.41, 5.74) is 0. The Kier molecular flexibility index (Phi) is 15.3. The van der Waals surface area contributed by atoms with Gasteiger partial charge >= 0.3 is 12.1 Å². The van der Waals surface area contributed by atoms with Crippen molar-refractivity contribution in [3.63, 3.8) is 0 Å². The number of carbonyl (C=O) groups excluding carboxylic acids is 2. The van der Waals surface area contributed by atoms with Gasteiger partial charge in [0.2, 0.25) is 0 Å². The minimum absolute atomic E-state index is 0. The minimum atomic E-state index is 0. The maximum atomic E-state index is 12.0. The molecule has 9 heteroatoms. The van der Waals surface area contributed by atoms with Crippen molar-refractivity contribution in [2.45, 2.75) is 77.5 Å². The van der Waals surface area contributed by atoms with Crippen LogP contribution in [0.4, 0.5) is 9.59 Å². The van der Waals surface area contributed by atoms with Gasteiger partial charge in [0.1, 0.15) is 0 Å². The van der Waals surface area contributed by atoms with Gasteiger partial charge in [-0.2, -0.15) is 7.05 Å². The third-order valence-electron chi connectivity index (χ3n) is 6.62. The van der Waals surface area contributed by atoms with Crippen LogP contribution in [-0.4, -0.2) is 122 Å². The second-order valence-corrected chi connectivity index (χ2v) is 9.64. The van der Waals surface area contributed by atoms with Crippen LogP contribution < -0.4 is 0 Å². The molecule has 0 aliphatic carbocycles. The van der Waals surface area contributed by atoms with Crippen LogP contribution in [0.15, 0.2) is 0 Å². The molecule has 1 radical (unpaired) electrons. The SMILES string of the molecule is CC(C)N(C)C1CCCN(C(=O)N(C)C)C1.C[N-]C1CCN(C(=O)N(C)C(C)C)CC1.[Y]. The van der Waals surface area contributed by atoms with Crippen LogP contribution in [-0.2, 0) is 32.7 Å². The number of likely N-dealkylation sites (N-methyl/N-ethyl adjacent to an activating group) is 1. The Morgan fingerprint density at radius 2 is 1.41 bits per heavy atom. The molecule has 2 heterocycles. The Bertz CT molecular complexity index is 553. The minimum Gasteiger partial charge on any atom is -0.662 e. The van der Waals surface area contributed by atoms with Gasteiger partial charge in [-0.15, -0.1) is 6.04 Å². The van der Waals surface area contributed by atoms with E-state index in [0.717, 1.165) is 45.4 Å². The molecule has 2 aliphatic rings. The standard InChI is InChI=1S/C12H25N3O.C11H22N3O.Y/c1-10(2)14(5)11-7-6-8-15(9-11)12(16)13(3)4;1-9(2)13(4)11(15)14-7-5-10(12-3)6-8-14;/h10-11H,6-9H2,1-5H3;9-10H,5-8H2,1-4H3;/q;-1;. The summed E-state index contributed by atoms with van der Waals surface area (Å²) in [6.07, 6.45) is 4.33. The van der Waals surface area contributed by atoms with Gasteiger partial charge in [-0.25, -0.2) is 9.59 Å². The molecule has 2 rings (SSSR count). The summed E-state index contributed by atoms with van der Waals surface area (Å²) in [4.78, 5) is 33.6. The molecule has 2 saturated heterocycles. The van der Waals surface area contributed by atoms with Crippen molar-refractivity contribution in [1.82, 2.24) is 24.5 Å². The van der Waals surface area contributed by atoms with Crippen molar-refractivity contribution in [2.75, 3.05) is 61.4 Å². The zero-order valence-corrected chi connectivity index (χ0v) is 24.9. The van der Waals surface area contributed by atoms with Crippen LogP contribution in [0, 0.1) is 0 Å². The van der Waals surface area contributed by atoms with Gasteiger partial charge < -0.3 is 24.9 Å². The Hall–Kier alpha value is -0.436. The van der Waals surface area contributed by atoms with Crippen LogP contribution in [0.1, 0.15) is 53.4 Å². The molecule has 32 heavy (non-hydrogen) atoms. The number of rotatable bonds is 4. The number of carbonyl (C=O) groups is 2. The molecule has 2 fully saturated rings. The van der Waals surface area contributed by atoms with Gasteiger partial charge in [0, 0.05) is 98.2 Å². The van der Waals surface area contributed by atoms with E-state index in [1.165, 1.54) is 6.42 Å². The van der Waals surface area contributed by atoms with Crippen LogP contribution in [0.3, 0.4) is 0 Å². The molecular weight excluding hydrogens is 481 g/mol. The van der Waals surface area contributed by atoms with E-state index in [4.69, 9.17) is 0 Å². The molecule has 4 amide bonds. The molecule has 2 aliphatic heterocycles. The Morgan fingerprint density at radius 1 is 0.844 bits per heavy atom. The first-order valence-corrected chi connectivity index (χ1v) is 11.8. The summed E-state index contributed by atoms with van der Waals surface area (Å²) < 4.78 is 0. The molecule has 0 aromatic heterocycles. The van der Waals surface area contributed by atoms with Gasteiger partial charge in [0.05, 0.1) is 0 Å². The third kappa shape index (κ3) is 9.82. The van der Waals surface area contributed by atoms with Gasteiger partial charge in [-0.05, 0) is 47.6 Å². The molecule has 0 N–H and O–H groups in total. The summed E-state index contributed by atoms with van der Waals surface area (Å²) >= 11 is 0. The number of urea groups is 2. The summed E-state index contributed by atoms with van der Waals surface area (Å²) in [5.74, 6) is 0. The van der Waals surface area contributed by atoms with E-state index in [2.05, 4.69) is 31.1 Å². The molecule has 0 bridgehead atoms. The number of likely N-dealkylation sites (tertiary alicyclic amines) is 2. The maximum Gasteiger partial charge on any atom is 0.319 e. The molecular formula is C23H47N6O2Y-. The normalized spacial score (nSPS) is 19.4. The van der Waals surface area contributed by atoms with Crippen LogP contribution in [0.5, 0.6) is 0 Å². The largest absolute Gasteiger partial charge is 0.662 e. The first-order chi connectivity index (χ1) is 14.5. The van der Waals surface area contributed by atoms with Gasteiger partial charge in [0.15, 0.2) is 0 Å². The quantitative estimate of drug-likeness (QED) is 0.562. The van der Waals surface area contributed by atoms with E-state index in [1.807, 2.05) is 51.8 Å². The molecule has 0 aromatic rings. The molecule has 0 aromatic carbocycles. The second kappa shape index (κ2) is 15.5. The first-order valence-electron chi connectivity index (χ1n) is 11.8. The zero-order chi connectivity index (χ0) is 23.7. The summed E-state index contributed by atoms with van der Waals surface area (Å²) in [7, 11) is 9.51. The average molecular weight is 529 g/mol. The predicted octanol–water partition coefficient (Wildman–Crippen LogP) is 3.38. The fraction of sp³-hybridized carbons (Fsp3) is 0.913. The van der Waals surface area contributed by atoms with E-state index in [1.54, 1.807) is 9.80 Å². The Morgan fingerprint density at radius 3 is 1.84 bits per heavy atom. The van der Waals surface area contributed by atoms with Crippen molar-refractivity contribution in [2.24, 2.45) is 0 Å². The number of piperidine rings is 2. The van der Waals surface area contributed by atoms with Crippen molar-refractivity contribution in [3.8, 4) is 0 Å². The fourth-order valence-corrected chi connectivity index (χ4v) is 3.92. The smallest absolute Gasteiger partial charge is 0.319 e. The fourth-order valence-electron chi connectivity index (χ4n) is 3.92. The number of amides is 4. The topological polar surface area (TPSA) is 64.4 Å². The third-order valence-corrected chi connectivity index (χ3v) is 6.62.